The number of rotatable bonds is 2. The fraction of sp³-hybridized carbons (Fsp3) is 0.400. The van der Waals surface area contributed by atoms with E-state index in [2.05, 4.69) is 4.98 Å². The van der Waals surface area contributed by atoms with E-state index < -0.39 is 0 Å². The largest absolute Gasteiger partial charge is 0.323 e. The normalized spacial score (nSPS) is 12.2. The molecule has 0 bridgehead atoms. The van der Waals surface area contributed by atoms with Gasteiger partial charge in [-0.2, -0.15) is 5.26 Å². The Labute approximate surface area is 88.5 Å². The Hall–Kier alpha value is -1.11. The van der Waals surface area contributed by atoms with E-state index in [4.69, 9.17) is 22.6 Å². The number of aromatic nitrogens is 1. The molecule has 0 unspecified atom stereocenters. The molecule has 74 valence electrons. The van der Waals surface area contributed by atoms with Crippen LogP contribution < -0.4 is 5.73 Å². The summed E-state index contributed by atoms with van der Waals surface area (Å²) in [6, 6.07) is 3.56. The third-order valence-corrected chi connectivity index (χ3v) is 2.46. The predicted molar refractivity (Wildman–Crippen MR) is 55.9 cm³/mol. The summed E-state index contributed by atoms with van der Waals surface area (Å²) < 4.78 is 0. The van der Waals surface area contributed by atoms with E-state index in [1.54, 1.807) is 0 Å². The molecule has 4 heteroatoms. The summed E-state index contributed by atoms with van der Waals surface area (Å²) in [4.78, 5) is 4.15. The van der Waals surface area contributed by atoms with Gasteiger partial charge >= 0.3 is 0 Å². The third kappa shape index (κ3) is 2.22. The third-order valence-electron chi connectivity index (χ3n) is 2.16. The van der Waals surface area contributed by atoms with Crippen LogP contribution in [0.15, 0.2) is 6.07 Å². The highest BCUT2D eigenvalue weighted by atomic mass is 35.5. The Morgan fingerprint density at radius 3 is 2.86 bits per heavy atom. The minimum atomic E-state index is -0.348. The van der Waals surface area contributed by atoms with Crippen molar-refractivity contribution >= 4 is 11.6 Å². The van der Waals surface area contributed by atoms with Gasteiger partial charge in [-0.25, -0.2) is 4.98 Å². The number of aryl methyl sites for hydroxylation is 2. The molecule has 3 nitrogen and oxygen atoms in total. The summed E-state index contributed by atoms with van der Waals surface area (Å²) in [5.74, 6) is 0. The van der Waals surface area contributed by atoms with Gasteiger partial charge in [-0.3, -0.25) is 0 Å². The second-order valence-corrected chi connectivity index (χ2v) is 3.60. The first kappa shape index (κ1) is 11.0. The van der Waals surface area contributed by atoms with E-state index in [9.17, 15) is 0 Å². The molecule has 0 saturated heterocycles. The van der Waals surface area contributed by atoms with Crippen LogP contribution >= 0.6 is 11.6 Å². The smallest absolute Gasteiger partial charge is 0.134 e. The van der Waals surface area contributed by atoms with Crippen LogP contribution in [0.4, 0.5) is 0 Å². The van der Waals surface area contributed by atoms with E-state index in [1.807, 2.05) is 26.0 Å². The number of halogens is 1. The number of hydrogen-bond donors (Lipinski definition) is 1. The minimum Gasteiger partial charge on any atom is -0.323 e. The molecular formula is C10H12ClN3. The summed E-state index contributed by atoms with van der Waals surface area (Å²) in [7, 11) is 0. The summed E-state index contributed by atoms with van der Waals surface area (Å²) >= 11 is 5.93. The number of nitrogens with two attached hydrogens (primary N) is 1. The summed E-state index contributed by atoms with van der Waals surface area (Å²) in [5.41, 5.74) is 8.46. The van der Waals surface area contributed by atoms with Gasteiger partial charge in [-0.05, 0) is 25.5 Å². The van der Waals surface area contributed by atoms with Crippen molar-refractivity contribution in [2.24, 2.45) is 5.73 Å². The van der Waals surface area contributed by atoms with Crippen LogP contribution in [0.25, 0.3) is 0 Å². The monoisotopic (exact) mass is 209 g/mol. The fourth-order valence-corrected chi connectivity index (χ4v) is 1.49. The minimum absolute atomic E-state index is 0.254. The Morgan fingerprint density at radius 1 is 1.64 bits per heavy atom. The second kappa shape index (κ2) is 4.41. The van der Waals surface area contributed by atoms with Gasteiger partial charge in [0.05, 0.1) is 12.5 Å². The van der Waals surface area contributed by atoms with Gasteiger partial charge in [0.15, 0.2) is 0 Å². The predicted octanol–water partition coefficient (Wildman–Crippen LogP) is 2.27. The van der Waals surface area contributed by atoms with Crippen molar-refractivity contribution in [3.05, 3.63) is 28.0 Å². The van der Waals surface area contributed by atoms with Gasteiger partial charge in [0.25, 0.3) is 0 Å². The zero-order chi connectivity index (χ0) is 10.7. The molecule has 1 rings (SSSR count). The lowest BCUT2D eigenvalue weighted by atomic mass is 10.0. The maximum atomic E-state index is 8.52. The molecule has 0 amide bonds. The molecule has 0 radical (unpaired) electrons. The molecule has 0 aromatic carbocycles. The van der Waals surface area contributed by atoms with Crippen LogP contribution in [-0.2, 0) is 0 Å². The van der Waals surface area contributed by atoms with Gasteiger partial charge in [-0.1, -0.05) is 11.6 Å². The number of pyridine rings is 1. The maximum Gasteiger partial charge on any atom is 0.134 e. The van der Waals surface area contributed by atoms with Crippen molar-refractivity contribution in [2.75, 3.05) is 0 Å². The lowest BCUT2D eigenvalue weighted by Crippen LogP contribution is -2.11. The summed E-state index contributed by atoms with van der Waals surface area (Å²) in [6.07, 6.45) is 0.254. The highest BCUT2D eigenvalue weighted by Crippen LogP contribution is 2.23. The average molecular weight is 210 g/mol. The molecule has 14 heavy (non-hydrogen) atoms. The van der Waals surface area contributed by atoms with Crippen molar-refractivity contribution in [3.63, 3.8) is 0 Å². The van der Waals surface area contributed by atoms with Gasteiger partial charge in [0, 0.05) is 17.3 Å². The molecule has 1 atom stereocenters. The standard InChI is InChI=1S/C10H12ClN3/c1-6-5-8(9(13)3-4-12)10(11)14-7(6)2/h5,9H,3,13H2,1-2H3/t9-/m1/s1. The van der Waals surface area contributed by atoms with Crippen LogP contribution in [0, 0.1) is 25.2 Å². The second-order valence-electron chi connectivity index (χ2n) is 3.24. The summed E-state index contributed by atoms with van der Waals surface area (Å²) in [5, 5.41) is 8.92. The van der Waals surface area contributed by atoms with E-state index in [-0.39, 0.29) is 12.5 Å². The van der Waals surface area contributed by atoms with E-state index in [0.717, 1.165) is 16.8 Å². The van der Waals surface area contributed by atoms with Crippen molar-refractivity contribution in [3.8, 4) is 6.07 Å². The molecule has 0 spiro atoms. The lowest BCUT2D eigenvalue weighted by molar-refractivity contribution is 0.741. The molecule has 0 saturated carbocycles. The van der Waals surface area contributed by atoms with Crippen LogP contribution in [0.3, 0.4) is 0 Å². The Morgan fingerprint density at radius 2 is 2.29 bits per heavy atom. The first-order valence-corrected chi connectivity index (χ1v) is 4.70. The zero-order valence-corrected chi connectivity index (χ0v) is 8.97. The van der Waals surface area contributed by atoms with Crippen LogP contribution in [-0.4, -0.2) is 4.98 Å². The summed E-state index contributed by atoms with van der Waals surface area (Å²) in [6.45, 7) is 3.84. The van der Waals surface area contributed by atoms with Gasteiger partial charge in [0.1, 0.15) is 5.15 Å². The number of nitrogens with zero attached hydrogens (tertiary/aromatic N) is 2. The van der Waals surface area contributed by atoms with Crippen molar-refractivity contribution in [1.82, 2.24) is 4.98 Å². The number of hydrogen-bond acceptors (Lipinski definition) is 3. The van der Waals surface area contributed by atoms with Gasteiger partial charge in [-0.15, -0.1) is 0 Å². The highest BCUT2D eigenvalue weighted by molar-refractivity contribution is 6.30. The lowest BCUT2D eigenvalue weighted by Gasteiger charge is -2.11. The first-order valence-electron chi connectivity index (χ1n) is 4.32. The van der Waals surface area contributed by atoms with Crippen LogP contribution in [0.5, 0.6) is 0 Å². The molecule has 0 fully saturated rings. The molecular weight excluding hydrogens is 198 g/mol. The van der Waals surface area contributed by atoms with Crippen molar-refractivity contribution in [1.29, 1.82) is 5.26 Å². The van der Waals surface area contributed by atoms with E-state index in [1.165, 1.54) is 0 Å². The Kier molecular flexibility index (Phi) is 3.45. The van der Waals surface area contributed by atoms with Gasteiger partial charge < -0.3 is 5.73 Å². The SMILES string of the molecule is Cc1cc([C@H](N)CC#N)c(Cl)nc1C. The number of nitriles is 1. The fourth-order valence-electron chi connectivity index (χ4n) is 1.17. The van der Waals surface area contributed by atoms with Crippen molar-refractivity contribution in [2.45, 2.75) is 26.3 Å². The molecule has 1 heterocycles. The van der Waals surface area contributed by atoms with Crippen LogP contribution in [0.2, 0.25) is 5.15 Å². The molecule has 0 aliphatic heterocycles. The Bertz CT molecular complexity index is 382. The maximum absolute atomic E-state index is 8.52. The van der Waals surface area contributed by atoms with E-state index >= 15 is 0 Å². The van der Waals surface area contributed by atoms with E-state index in [0.29, 0.717) is 5.15 Å². The molecule has 1 aromatic rings. The molecule has 0 aliphatic carbocycles. The molecule has 0 aliphatic rings. The highest BCUT2D eigenvalue weighted by Gasteiger charge is 2.12. The van der Waals surface area contributed by atoms with Crippen LogP contribution in [0.1, 0.15) is 29.3 Å². The molecule has 2 N–H and O–H groups in total. The molecule has 1 aromatic heterocycles. The first-order chi connectivity index (χ1) is 6.56. The zero-order valence-electron chi connectivity index (χ0n) is 8.21. The van der Waals surface area contributed by atoms with Crippen molar-refractivity contribution < 1.29 is 0 Å². The Balaban J connectivity index is 3.10. The average Bonchev–Trinajstić information content (AvgIpc) is 2.11. The van der Waals surface area contributed by atoms with Gasteiger partial charge in [0.2, 0.25) is 0 Å². The quantitative estimate of drug-likeness (QED) is 0.760. The topological polar surface area (TPSA) is 62.7 Å².